The minimum absolute atomic E-state index is 0.0591. The molecule has 1 saturated carbocycles. The second-order valence-corrected chi connectivity index (χ2v) is 12.1. The number of piperidine rings is 1. The predicted molar refractivity (Wildman–Crippen MR) is 139 cm³/mol. The Kier molecular flexibility index (Phi) is 7.43. The molecule has 1 N–H and O–H groups in total. The number of alkyl halides is 5. The second kappa shape index (κ2) is 10.3. The van der Waals surface area contributed by atoms with Gasteiger partial charge in [0.15, 0.2) is 5.67 Å². The van der Waals surface area contributed by atoms with E-state index in [1.807, 2.05) is 0 Å². The predicted octanol–water partition coefficient (Wildman–Crippen LogP) is 6.97. The molecular weight excluding hydrogens is 548 g/mol. The van der Waals surface area contributed by atoms with Gasteiger partial charge in [-0.3, -0.25) is 9.59 Å². The van der Waals surface area contributed by atoms with E-state index in [1.165, 1.54) is 24.3 Å². The van der Waals surface area contributed by atoms with Crippen LogP contribution in [0.2, 0.25) is 0 Å². The van der Waals surface area contributed by atoms with Crippen LogP contribution < -0.4 is 0 Å². The Morgan fingerprint density at radius 2 is 1.66 bits per heavy atom. The molecule has 0 radical (unpaired) electrons. The summed E-state index contributed by atoms with van der Waals surface area (Å²) in [6.07, 6.45) is -3.36. The lowest BCUT2D eigenvalue weighted by Gasteiger charge is -2.55. The molecule has 41 heavy (non-hydrogen) atoms. The third-order valence-corrected chi connectivity index (χ3v) is 9.64. The van der Waals surface area contributed by atoms with Gasteiger partial charge in [-0.2, -0.15) is 13.2 Å². The summed E-state index contributed by atoms with van der Waals surface area (Å²) in [6.45, 7) is 0.794. The Balaban J connectivity index is 1.54. The Morgan fingerprint density at radius 1 is 1.00 bits per heavy atom. The second-order valence-electron chi connectivity index (χ2n) is 12.1. The zero-order valence-corrected chi connectivity index (χ0v) is 22.7. The molecule has 1 saturated heterocycles. The highest BCUT2D eigenvalue weighted by Gasteiger charge is 2.56. The van der Waals surface area contributed by atoms with Crippen molar-refractivity contribution in [3.63, 3.8) is 0 Å². The summed E-state index contributed by atoms with van der Waals surface area (Å²) in [7, 11) is 0. The van der Waals surface area contributed by atoms with Crippen LogP contribution >= 0.6 is 0 Å². The van der Waals surface area contributed by atoms with Crippen LogP contribution in [0.1, 0.15) is 74.1 Å². The van der Waals surface area contributed by atoms with Gasteiger partial charge in [0.2, 0.25) is 5.67 Å². The van der Waals surface area contributed by atoms with Gasteiger partial charge >= 0.3 is 12.1 Å². The number of halogens is 6. The van der Waals surface area contributed by atoms with Gasteiger partial charge in [0.25, 0.3) is 5.91 Å². The van der Waals surface area contributed by atoms with Gasteiger partial charge in [0.1, 0.15) is 5.82 Å². The molecule has 1 amide bonds. The minimum atomic E-state index is -5.10. The van der Waals surface area contributed by atoms with E-state index in [0.29, 0.717) is 50.3 Å². The molecule has 2 aromatic rings. The maximum atomic E-state index is 16.2. The van der Waals surface area contributed by atoms with Gasteiger partial charge in [0.05, 0.1) is 5.92 Å². The number of nitrogens with zero attached hydrogens (tertiary/aromatic N) is 1. The van der Waals surface area contributed by atoms with E-state index in [0.717, 1.165) is 11.6 Å². The summed E-state index contributed by atoms with van der Waals surface area (Å²) in [5, 5.41) is 9.32. The topological polar surface area (TPSA) is 57.6 Å². The van der Waals surface area contributed by atoms with Crippen molar-refractivity contribution in [3.05, 3.63) is 70.5 Å². The molecule has 3 unspecified atom stereocenters. The zero-order chi connectivity index (χ0) is 29.8. The van der Waals surface area contributed by atoms with Gasteiger partial charge < -0.3 is 10.0 Å². The molecule has 0 bridgehead atoms. The van der Waals surface area contributed by atoms with Crippen LogP contribution in [0.15, 0.2) is 42.5 Å². The molecule has 0 spiro atoms. The molecule has 2 aliphatic carbocycles. The van der Waals surface area contributed by atoms with Crippen molar-refractivity contribution in [2.24, 2.45) is 5.92 Å². The van der Waals surface area contributed by atoms with E-state index in [2.05, 4.69) is 0 Å². The number of amides is 1. The van der Waals surface area contributed by atoms with E-state index in [1.54, 1.807) is 17.0 Å². The number of carbonyl (C=O) groups excluding carboxylic acids is 1. The quantitative estimate of drug-likeness (QED) is 0.388. The van der Waals surface area contributed by atoms with Crippen LogP contribution in [0.25, 0.3) is 0 Å². The highest BCUT2D eigenvalue weighted by atomic mass is 19.4. The Bertz CT molecular complexity index is 1320. The SMILES string of the molecule is CC(F)(c1ccc2c(c1)CCC1N(C(=O)C3(F)CCC(C(=O)O)CC3)CCCC21Cc1ccc(F)cc1)C(F)(F)F. The molecule has 222 valence electrons. The average molecular weight is 582 g/mol. The van der Waals surface area contributed by atoms with Gasteiger partial charge in [-0.05, 0) is 99.1 Å². The normalized spacial score (nSPS) is 29.7. The highest BCUT2D eigenvalue weighted by Crippen LogP contribution is 2.51. The molecule has 0 aromatic heterocycles. The highest BCUT2D eigenvalue weighted by molar-refractivity contribution is 5.86. The molecule has 2 aromatic carbocycles. The first-order valence-corrected chi connectivity index (χ1v) is 14.0. The molecule has 5 rings (SSSR count). The first-order valence-electron chi connectivity index (χ1n) is 14.0. The smallest absolute Gasteiger partial charge is 0.426 e. The third kappa shape index (κ3) is 5.12. The number of likely N-dealkylation sites (tertiary alicyclic amines) is 1. The van der Waals surface area contributed by atoms with Crippen molar-refractivity contribution in [1.82, 2.24) is 4.90 Å². The maximum absolute atomic E-state index is 16.2. The van der Waals surface area contributed by atoms with Crippen molar-refractivity contribution in [2.45, 2.75) is 93.7 Å². The van der Waals surface area contributed by atoms with Crippen molar-refractivity contribution in [1.29, 1.82) is 0 Å². The summed E-state index contributed by atoms with van der Waals surface area (Å²) in [5.74, 6) is -2.81. The molecule has 4 nitrogen and oxygen atoms in total. The number of benzene rings is 2. The van der Waals surface area contributed by atoms with Crippen molar-refractivity contribution >= 4 is 11.9 Å². The number of carboxylic acids is 1. The third-order valence-electron chi connectivity index (χ3n) is 9.64. The monoisotopic (exact) mass is 581 g/mol. The standard InChI is InChI=1S/C31H33F6NO3/c1-28(33,31(35,36)37)22-6-9-24-21(17-22)5-10-25-29(24,18-19-3-7-23(32)8-4-19)13-2-16-38(25)27(41)30(34)14-11-20(12-15-30)26(39)40/h3-4,6-9,17,20,25H,2,5,10-16,18H2,1H3,(H,39,40). The molecule has 10 heteroatoms. The number of aryl methyl sites for hydroxylation is 1. The van der Waals surface area contributed by atoms with Crippen LogP contribution in [0.4, 0.5) is 26.3 Å². The van der Waals surface area contributed by atoms with Gasteiger partial charge in [-0.25, -0.2) is 13.2 Å². The van der Waals surface area contributed by atoms with Crippen molar-refractivity contribution < 1.29 is 41.0 Å². The summed E-state index contributed by atoms with van der Waals surface area (Å²) in [6, 6.07) is 9.30. The number of hydrogen-bond donors (Lipinski definition) is 1. The zero-order valence-electron chi connectivity index (χ0n) is 22.7. The number of aliphatic carboxylic acids is 1. The lowest BCUT2D eigenvalue weighted by Crippen LogP contribution is -2.63. The van der Waals surface area contributed by atoms with Crippen molar-refractivity contribution in [3.8, 4) is 0 Å². The molecule has 1 aliphatic heterocycles. The molecule has 2 fully saturated rings. The first-order chi connectivity index (χ1) is 19.2. The Morgan fingerprint density at radius 3 is 2.27 bits per heavy atom. The Labute approximate surface area is 234 Å². The fourth-order valence-electron chi connectivity index (χ4n) is 7.27. The summed E-state index contributed by atoms with van der Waals surface area (Å²) in [5.41, 5.74) is -5.05. The maximum Gasteiger partial charge on any atom is 0.426 e. The number of carbonyl (C=O) groups is 2. The van der Waals surface area contributed by atoms with Crippen LogP contribution in [0.3, 0.4) is 0 Å². The fourth-order valence-corrected chi connectivity index (χ4v) is 7.27. The molecular formula is C31H33F6NO3. The largest absolute Gasteiger partial charge is 0.481 e. The number of hydrogen-bond acceptors (Lipinski definition) is 2. The van der Waals surface area contributed by atoms with E-state index in [9.17, 15) is 36.6 Å². The summed E-state index contributed by atoms with van der Waals surface area (Å²) < 4.78 is 85.4. The van der Waals surface area contributed by atoms with E-state index in [-0.39, 0.29) is 32.1 Å². The van der Waals surface area contributed by atoms with E-state index < -0.39 is 58.1 Å². The van der Waals surface area contributed by atoms with E-state index in [4.69, 9.17) is 0 Å². The van der Waals surface area contributed by atoms with Gasteiger partial charge in [-0.1, -0.05) is 30.3 Å². The minimum Gasteiger partial charge on any atom is -0.481 e. The van der Waals surface area contributed by atoms with Crippen LogP contribution in [-0.4, -0.2) is 46.3 Å². The van der Waals surface area contributed by atoms with Crippen molar-refractivity contribution in [2.75, 3.05) is 6.54 Å². The van der Waals surface area contributed by atoms with Gasteiger partial charge in [0, 0.05) is 18.0 Å². The lowest BCUT2D eigenvalue weighted by molar-refractivity contribution is -0.228. The van der Waals surface area contributed by atoms with Crippen LogP contribution in [0, 0.1) is 11.7 Å². The van der Waals surface area contributed by atoms with Gasteiger partial charge in [-0.15, -0.1) is 0 Å². The lowest BCUT2D eigenvalue weighted by atomic mass is 9.59. The molecule has 3 aliphatic rings. The fraction of sp³-hybridized carbons (Fsp3) is 0.548. The average Bonchev–Trinajstić information content (AvgIpc) is 2.92. The molecule has 1 heterocycles. The van der Waals surface area contributed by atoms with Crippen LogP contribution in [-0.2, 0) is 33.5 Å². The first kappa shape index (κ1) is 29.5. The summed E-state index contributed by atoms with van der Waals surface area (Å²) in [4.78, 5) is 26.8. The summed E-state index contributed by atoms with van der Waals surface area (Å²) >= 11 is 0. The molecule has 3 atom stereocenters. The number of rotatable bonds is 5. The number of fused-ring (bicyclic) bond motifs is 3. The number of carboxylic acid groups (broad SMARTS) is 1. The van der Waals surface area contributed by atoms with E-state index >= 15 is 4.39 Å². The Hall–Kier alpha value is -3.04. The van der Waals surface area contributed by atoms with Crippen LogP contribution in [0.5, 0.6) is 0 Å².